The summed E-state index contributed by atoms with van der Waals surface area (Å²) in [7, 11) is 0. The number of rotatable bonds is 6. The highest BCUT2D eigenvalue weighted by molar-refractivity contribution is 9.10. The quantitative estimate of drug-likeness (QED) is 0.544. The van der Waals surface area contributed by atoms with Crippen molar-refractivity contribution in [2.45, 2.75) is 12.5 Å². The average molecular weight is 389 g/mol. The molecule has 0 saturated heterocycles. The van der Waals surface area contributed by atoms with Crippen LogP contribution in [0.1, 0.15) is 16.8 Å². The van der Waals surface area contributed by atoms with Gasteiger partial charge >= 0.3 is 6.03 Å². The summed E-state index contributed by atoms with van der Waals surface area (Å²) in [5, 5.41) is 2.34. The highest BCUT2D eigenvalue weighted by atomic mass is 79.9. The van der Waals surface area contributed by atoms with Crippen LogP contribution < -0.4 is 21.9 Å². The lowest BCUT2D eigenvalue weighted by Gasteiger charge is -2.17. The summed E-state index contributed by atoms with van der Waals surface area (Å²) in [6.45, 7) is 0. The standard InChI is InChI=1S/C13H17BrN4O3S/c1-22-7-6-10(16-13(15)21)12(20)18-17-11(19)8-2-4-9(14)5-3-8/h2-5,10H,6-7H2,1H3,(H,17,19)(H,18,20)(H3,15,16,21). The van der Waals surface area contributed by atoms with Crippen LogP contribution >= 0.6 is 27.7 Å². The van der Waals surface area contributed by atoms with Crippen molar-refractivity contribution >= 4 is 45.5 Å². The molecule has 0 aliphatic heterocycles. The van der Waals surface area contributed by atoms with Crippen LogP contribution in [0.25, 0.3) is 0 Å². The lowest BCUT2D eigenvalue weighted by Crippen LogP contribution is -2.53. The summed E-state index contributed by atoms with van der Waals surface area (Å²) in [5.41, 5.74) is 10.0. The van der Waals surface area contributed by atoms with Crippen LogP contribution in [-0.4, -0.2) is 35.9 Å². The van der Waals surface area contributed by atoms with Crippen molar-refractivity contribution in [3.05, 3.63) is 34.3 Å². The molecule has 4 amide bonds. The fourth-order valence-electron chi connectivity index (χ4n) is 1.56. The number of carbonyl (C=O) groups is 3. The summed E-state index contributed by atoms with van der Waals surface area (Å²) < 4.78 is 0.843. The minimum absolute atomic E-state index is 0.395. The highest BCUT2D eigenvalue weighted by Gasteiger charge is 2.19. The first kappa shape index (κ1) is 18.3. The van der Waals surface area contributed by atoms with Gasteiger partial charge in [-0.3, -0.25) is 20.4 Å². The van der Waals surface area contributed by atoms with Gasteiger partial charge in [0.15, 0.2) is 0 Å². The molecule has 1 rings (SSSR count). The van der Waals surface area contributed by atoms with Crippen molar-refractivity contribution in [3.8, 4) is 0 Å². The molecule has 0 aromatic heterocycles. The Bertz CT molecular complexity index is 539. The molecule has 1 atom stereocenters. The lowest BCUT2D eigenvalue weighted by atomic mass is 10.2. The van der Waals surface area contributed by atoms with Crippen molar-refractivity contribution in [1.29, 1.82) is 0 Å². The zero-order valence-electron chi connectivity index (χ0n) is 11.9. The second-order valence-electron chi connectivity index (χ2n) is 4.29. The summed E-state index contributed by atoms with van der Waals surface area (Å²) in [4.78, 5) is 34.7. The first-order chi connectivity index (χ1) is 10.4. The molecule has 0 bridgehead atoms. The Labute approximate surface area is 140 Å². The molecule has 1 aromatic carbocycles. The number of nitrogens with one attached hydrogen (secondary N) is 3. The van der Waals surface area contributed by atoms with E-state index in [9.17, 15) is 14.4 Å². The second-order valence-corrected chi connectivity index (χ2v) is 6.19. The molecule has 1 aromatic rings. The van der Waals surface area contributed by atoms with Crippen molar-refractivity contribution < 1.29 is 14.4 Å². The summed E-state index contributed by atoms with van der Waals surface area (Å²) in [6, 6.07) is 5.06. The van der Waals surface area contributed by atoms with Crippen LogP contribution in [0.3, 0.4) is 0 Å². The van der Waals surface area contributed by atoms with E-state index in [4.69, 9.17) is 5.73 Å². The zero-order chi connectivity index (χ0) is 16.5. The third-order valence-corrected chi connectivity index (χ3v) is 3.82. The predicted octanol–water partition coefficient (Wildman–Crippen LogP) is 1.00. The van der Waals surface area contributed by atoms with Gasteiger partial charge in [-0.2, -0.15) is 11.8 Å². The Kier molecular flexibility index (Phi) is 7.75. The topological polar surface area (TPSA) is 113 Å². The monoisotopic (exact) mass is 388 g/mol. The molecular weight excluding hydrogens is 372 g/mol. The van der Waals surface area contributed by atoms with Crippen molar-refractivity contribution in [1.82, 2.24) is 16.2 Å². The van der Waals surface area contributed by atoms with E-state index in [1.807, 2.05) is 6.26 Å². The van der Waals surface area contributed by atoms with Crippen LogP contribution in [0.15, 0.2) is 28.7 Å². The third kappa shape index (κ3) is 6.35. The van der Waals surface area contributed by atoms with E-state index in [0.29, 0.717) is 17.7 Å². The molecule has 9 heteroatoms. The van der Waals surface area contributed by atoms with E-state index in [1.54, 1.807) is 24.3 Å². The van der Waals surface area contributed by atoms with Crippen molar-refractivity contribution in [2.75, 3.05) is 12.0 Å². The number of nitrogens with two attached hydrogens (primary N) is 1. The van der Waals surface area contributed by atoms with Crippen LogP contribution in [0, 0.1) is 0 Å². The first-order valence-corrected chi connectivity index (χ1v) is 8.53. The van der Waals surface area contributed by atoms with E-state index in [2.05, 4.69) is 32.1 Å². The molecule has 1 unspecified atom stereocenters. The van der Waals surface area contributed by atoms with Crippen LogP contribution in [0.4, 0.5) is 4.79 Å². The Hall–Kier alpha value is -1.74. The van der Waals surface area contributed by atoms with Crippen molar-refractivity contribution in [3.63, 3.8) is 0 Å². The largest absolute Gasteiger partial charge is 0.352 e. The number of amides is 4. The number of halogens is 1. The van der Waals surface area contributed by atoms with Crippen LogP contribution in [0.5, 0.6) is 0 Å². The zero-order valence-corrected chi connectivity index (χ0v) is 14.3. The Balaban J connectivity index is 2.55. The molecule has 0 radical (unpaired) electrons. The molecule has 0 heterocycles. The van der Waals surface area contributed by atoms with Gasteiger partial charge in [-0.1, -0.05) is 15.9 Å². The fraction of sp³-hybridized carbons (Fsp3) is 0.308. The molecule has 120 valence electrons. The number of thioether (sulfide) groups is 1. The molecule has 5 N–H and O–H groups in total. The Morgan fingerprint density at radius 2 is 1.86 bits per heavy atom. The molecular formula is C13H17BrN4O3S. The van der Waals surface area contributed by atoms with Gasteiger partial charge in [0.05, 0.1) is 0 Å². The molecule has 22 heavy (non-hydrogen) atoms. The molecule has 0 fully saturated rings. The van der Waals surface area contributed by atoms with Crippen molar-refractivity contribution in [2.24, 2.45) is 5.73 Å². The van der Waals surface area contributed by atoms with Gasteiger partial charge in [0, 0.05) is 10.0 Å². The molecule has 0 aliphatic carbocycles. The van der Waals surface area contributed by atoms with Gasteiger partial charge in [0.1, 0.15) is 6.04 Å². The summed E-state index contributed by atoms with van der Waals surface area (Å²) >= 11 is 4.80. The summed E-state index contributed by atoms with van der Waals surface area (Å²) in [5.74, 6) is -0.319. The molecule has 0 spiro atoms. The summed E-state index contributed by atoms with van der Waals surface area (Å²) in [6.07, 6.45) is 2.29. The van der Waals surface area contributed by atoms with Gasteiger partial charge < -0.3 is 11.1 Å². The smallest absolute Gasteiger partial charge is 0.312 e. The number of primary amides is 1. The van der Waals surface area contributed by atoms with Gasteiger partial charge in [0.2, 0.25) is 0 Å². The second kappa shape index (κ2) is 9.31. The third-order valence-electron chi connectivity index (χ3n) is 2.65. The normalized spacial score (nSPS) is 11.4. The van der Waals surface area contributed by atoms with E-state index in [0.717, 1.165) is 4.47 Å². The number of hydrazine groups is 1. The maximum Gasteiger partial charge on any atom is 0.312 e. The number of hydrogen-bond donors (Lipinski definition) is 4. The maximum atomic E-state index is 12.0. The highest BCUT2D eigenvalue weighted by Crippen LogP contribution is 2.10. The molecule has 7 nitrogen and oxygen atoms in total. The minimum Gasteiger partial charge on any atom is -0.352 e. The van der Waals surface area contributed by atoms with E-state index in [-0.39, 0.29) is 0 Å². The number of carbonyl (C=O) groups excluding carboxylic acids is 3. The number of urea groups is 1. The minimum atomic E-state index is -0.796. The predicted molar refractivity (Wildman–Crippen MR) is 89.3 cm³/mol. The van der Waals surface area contributed by atoms with E-state index >= 15 is 0 Å². The van der Waals surface area contributed by atoms with Crippen LogP contribution in [-0.2, 0) is 4.79 Å². The fourth-order valence-corrected chi connectivity index (χ4v) is 2.29. The number of benzene rings is 1. The number of hydrogen-bond acceptors (Lipinski definition) is 4. The van der Waals surface area contributed by atoms with Gasteiger partial charge in [0.25, 0.3) is 11.8 Å². The average Bonchev–Trinajstić information content (AvgIpc) is 2.49. The van der Waals surface area contributed by atoms with E-state index in [1.165, 1.54) is 11.8 Å². The first-order valence-electron chi connectivity index (χ1n) is 6.34. The molecule has 0 saturated carbocycles. The van der Waals surface area contributed by atoms with Gasteiger partial charge in [-0.15, -0.1) is 0 Å². The molecule has 0 aliphatic rings. The van der Waals surface area contributed by atoms with Crippen LogP contribution in [0.2, 0.25) is 0 Å². The maximum absolute atomic E-state index is 12.0. The van der Waals surface area contributed by atoms with Gasteiger partial charge in [-0.25, -0.2) is 4.79 Å². The SMILES string of the molecule is CSCCC(NC(N)=O)C(=O)NNC(=O)c1ccc(Br)cc1. The lowest BCUT2D eigenvalue weighted by molar-refractivity contribution is -0.123. The Morgan fingerprint density at radius 1 is 1.23 bits per heavy atom. The van der Waals surface area contributed by atoms with E-state index < -0.39 is 23.9 Å². The Morgan fingerprint density at radius 3 is 2.41 bits per heavy atom. The van der Waals surface area contributed by atoms with Gasteiger partial charge in [-0.05, 0) is 42.7 Å².